The van der Waals surface area contributed by atoms with Crippen LogP contribution in [0, 0.1) is 6.92 Å². The molecule has 1 aromatic heterocycles. The summed E-state index contributed by atoms with van der Waals surface area (Å²) in [4.78, 5) is 30.7. The number of carboxylic acids is 1. The van der Waals surface area contributed by atoms with Crippen molar-refractivity contribution in [3.8, 4) is 0 Å². The first-order chi connectivity index (χ1) is 9.52. The summed E-state index contributed by atoms with van der Waals surface area (Å²) in [5.41, 5.74) is 0.674. The van der Waals surface area contributed by atoms with Gasteiger partial charge in [0.25, 0.3) is 0 Å². The number of nitrogens with one attached hydrogen (secondary N) is 2. The third-order valence-corrected chi connectivity index (χ3v) is 2.71. The summed E-state index contributed by atoms with van der Waals surface area (Å²) in [6, 6.07) is 0.325. The minimum absolute atomic E-state index is 0.231. The quantitative estimate of drug-likeness (QED) is 0.696. The Balaban J connectivity index is 2.43. The number of nitrogens with zero attached hydrogens (tertiary/aromatic N) is 2. The number of hydrogen-bond donors (Lipinski definition) is 3. The van der Waals surface area contributed by atoms with E-state index < -0.39 is 18.0 Å². The largest absolute Gasteiger partial charge is 0.480 e. The van der Waals surface area contributed by atoms with Gasteiger partial charge in [0.15, 0.2) is 0 Å². The van der Waals surface area contributed by atoms with Crippen molar-refractivity contribution in [3.05, 3.63) is 23.8 Å². The van der Waals surface area contributed by atoms with Gasteiger partial charge in [-0.2, -0.15) is 0 Å². The van der Waals surface area contributed by atoms with Crippen LogP contribution in [0.3, 0.4) is 0 Å². The Hall–Kier alpha value is -2.18. The first-order valence-corrected chi connectivity index (χ1v) is 6.58. The van der Waals surface area contributed by atoms with E-state index in [-0.39, 0.29) is 6.54 Å². The number of carboxylic acid groups (broad SMARTS) is 1. The Morgan fingerprint density at radius 2 is 2.20 bits per heavy atom. The summed E-state index contributed by atoms with van der Waals surface area (Å²) in [7, 11) is 0. The molecule has 1 aromatic rings. The van der Waals surface area contributed by atoms with E-state index in [1.165, 1.54) is 0 Å². The van der Waals surface area contributed by atoms with Crippen LogP contribution >= 0.6 is 0 Å². The Morgan fingerprint density at radius 3 is 2.80 bits per heavy atom. The smallest absolute Gasteiger partial charge is 0.326 e. The normalized spacial score (nSPS) is 11.7. The van der Waals surface area contributed by atoms with Gasteiger partial charge in [0.2, 0.25) is 0 Å². The van der Waals surface area contributed by atoms with Crippen molar-refractivity contribution in [2.45, 2.75) is 45.7 Å². The van der Waals surface area contributed by atoms with E-state index in [0.29, 0.717) is 17.9 Å². The van der Waals surface area contributed by atoms with Gasteiger partial charge in [-0.15, -0.1) is 0 Å². The molecule has 0 aromatic carbocycles. The summed E-state index contributed by atoms with van der Waals surface area (Å²) in [5.74, 6) is -0.400. The molecule has 1 rings (SSSR count). The molecule has 0 saturated heterocycles. The van der Waals surface area contributed by atoms with E-state index in [4.69, 9.17) is 5.11 Å². The maximum atomic E-state index is 11.7. The van der Waals surface area contributed by atoms with Crippen LogP contribution < -0.4 is 10.6 Å². The molecule has 20 heavy (non-hydrogen) atoms. The van der Waals surface area contributed by atoms with Crippen LogP contribution in [0.2, 0.25) is 0 Å². The molecule has 7 heteroatoms. The van der Waals surface area contributed by atoms with Gasteiger partial charge in [-0.1, -0.05) is 19.8 Å². The maximum absolute atomic E-state index is 11.7. The standard InChI is InChI=1S/C13H20N4O3/c1-3-4-5-11(12(18)19)17-13(20)15-8-10-6-7-14-9(2)16-10/h6-7,11H,3-5,8H2,1-2H3,(H,18,19)(H2,15,17,20). The number of unbranched alkanes of at least 4 members (excludes halogenated alkanes) is 1. The first kappa shape index (κ1) is 15.9. The lowest BCUT2D eigenvalue weighted by molar-refractivity contribution is -0.139. The molecular weight excluding hydrogens is 260 g/mol. The van der Waals surface area contributed by atoms with Gasteiger partial charge in [0, 0.05) is 6.20 Å². The molecule has 1 unspecified atom stereocenters. The molecule has 0 saturated carbocycles. The molecule has 1 atom stereocenters. The number of aryl methyl sites for hydroxylation is 1. The zero-order chi connectivity index (χ0) is 15.0. The topological polar surface area (TPSA) is 104 Å². The van der Waals surface area contributed by atoms with Crippen molar-refractivity contribution >= 4 is 12.0 Å². The van der Waals surface area contributed by atoms with Crippen molar-refractivity contribution in [1.82, 2.24) is 20.6 Å². The molecule has 0 aliphatic carbocycles. The molecule has 1 heterocycles. The Morgan fingerprint density at radius 1 is 1.45 bits per heavy atom. The molecule has 0 aliphatic heterocycles. The van der Waals surface area contributed by atoms with E-state index in [2.05, 4.69) is 20.6 Å². The minimum atomic E-state index is -1.02. The summed E-state index contributed by atoms with van der Waals surface area (Å²) < 4.78 is 0. The Kier molecular flexibility index (Phi) is 6.42. The average Bonchev–Trinajstić information content (AvgIpc) is 2.41. The van der Waals surface area contributed by atoms with Crippen molar-refractivity contribution in [2.75, 3.05) is 0 Å². The van der Waals surface area contributed by atoms with Crippen LogP contribution in [0.1, 0.15) is 37.7 Å². The zero-order valence-electron chi connectivity index (χ0n) is 11.7. The highest BCUT2D eigenvalue weighted by molar-refractivity contribution is 5.82. The lowest BCUT2D eigenvalue weighted by Gasteiger charge is -2.14. The monoisotopic (exact) mass is 280 g/mol. The van der Waals surface area contributed by atoms with Crippen LogP contribution in [-0.4, -0.2) is 33.1 Å². The predicted octanol–water partition coefficient (Wildman–Crippen LogP) is 1.23. The zero-order valence-corrected chi connectivity index (χ0v) is 11.7. The predicted molar refractivity (Wildman–Crippen MR) is 73.1 cm³/mol. The SMILES string of the molecule is CCCCC(NC(=O)NCc1ccnc(C)n1)C(=O)O. The number of rotatable bonds is 7. The van der Waals surface area contributed by atoms with E-state index in [1.807, 2.05) is 6.92 Å². The fourth-order valence-electron chi connectivity index (χ4n) is 1.65. The van der Waals surface area contributed by atoms with Crippen LogP contribution in [0.15, 0.2) is 12.3 Å². The lowest BCUT2D eigenvalue weighted by Crippen LogP contribution is -2.45. The highest BCUT2D eigenvalue weighted by Gasteiger charge is 2.18. The molecule has 0 aliphatic rings. The fraction of sp³-hybridized carbons (Fsp3) is 0.538. The van der Waals surface area contributed by atoms with Crippen molar-refractivity contribution in [2.24, 2.45) is 0 Å². The van der Waals surface area contributed by atoms with E-state index in [9.17, 15) is 9.59 Å². The third-order valence-electron chi connectivity index (χ3n) is 2.71. The fourth-order valence-corrected chi connectivity index (χ4v) is 1.65. The molecule has 0 bridgehead atoms. The second-order valence-corrected chi connectivity index (χ2v) is 4.46. The van der Waals surface area contributed by atoms with Gasteiger partial charge in [0.05, 0.1) is 12.2 Å². The van der Waals surface area contributed by atoms with Gasteiger partial charge in [-0.05, 0) is 19.4 Å². The molecule has 0 fully saturated rings. The first-order valence-electron chi connectivity index (χ1n) is 6.58. The molecular formula is C13H20N4O3. The summed E-state index contributed by atoms with van der Waals surface area (Å²) in [6.07, 6.45) is 3.67. The second kappa shape index (κ2) is 8.08. The van der Waals surface area contributed by atoms with Gasteiger partial charge in [0.1, 0.15) is 11.9 Å². The Labute approximate surface area is 117 Å². The second-order valence-electron chi connectivity index (χ2n) is 4.46. The molecule has 7 nitrogen and oxygen atoms in total. The summed E-state index contributed by atoms with van der Waals surface area (Å²) >= 11 is 0. The van der Waals surface area contributed by atoms with E-state index in [1.54, 1.807) is 19.2 Å². The van der Waals surface area contributed by atoms with Crippen LogP contribution in [-0.2, 0) is 11.3 Å². The number of carbonyl (C=O) groups excluding carboxylic acids is 1. The minimum Gasteiger partial charge on any atom is -0.480 e. The third kappa shape index (κ3) is 5.64. The van der Waals surface area contributed by atoms with Crippen molar-refractivity contribution in [3.63, 3.8) is 0 Å². The number of aliphatic carboxylic acids is 1. The molecule has 0 spiro atoms. The van der Waals surface area contributed by atoms with Crippen molar-refractivity contribution in [1.29, 1.82) is 0 Å². The van der Waals surface area contributed by atoms with E-state index in [0.717, 1.165) is 12.8 Å². The number of carbonyl (C=O) groups is 2. The highest BCUT2D eigenvalue weighted by atomic mass is 16.4. The highest BCUT2D eigenvalue weighted by Crippen LogP contribution is 2.01. The summed E-state index contributed by atoms with van der Waals surface area (Å²) in [6.45, 7) is 3.96. The van der Waals surface area contributed by atoms with E-state index >= 15 is 0 Å². The van der Waals surface area contributed by atoms with Crippen LogP contribution in [0.4, 0.5) is 4.79 Å². The Bertz CT molecular complexity index is 465. The molecule has 2 amide bonds. The summed E-state index contributed by atoms with van der Waals surface area (Å²) in [5, 5.41) is 14.0. The van der Waals surface area contributed by atoms with Gasteiger partial charge < -0.3 is 15.7 Å². The number of hydrogen-bond acceptors (Lipinski definition) is 4. The van der Waals surface area contributed by atoms with Crippen LogP contribution in [0.5, 0.6) is 0 Å². The molecule has 0 radical (unpaired) electrons. The van der Waals surface area contributed by atoms with Gasteiger partial charge in [-0.3, -0.25) is 0 Å². The van der Waals surface area contributed by atoms with Gasteiger partial charge in [-0.25, -0.2) is 19.6 Å². The maximum Gasteiger partial charge on any atom is 0.326 e. The molecule has 3 N–H and O–H groups in total. The van der Waals surface area contributed by atoms with Gasteiger partial charge >= 0.3 is 12.0 Å². The average molecular weight is 280 g/mol. The number of amides is 2. The number of aromatic nitrogens is 2. The lowest BCUT2D eigenvalue weighted by atomic mass is 10.1. The number of urea groups is 1. The van der Waals surface area contributed by atoms with Crippen LogP contribution in [0.25, 0.3) is 0 Å². The molecule has 110 valence electrons. The van der Waals surface area contributed by atoms with Crippen molar-refractivity contribution < 1.29 is 14.7 Å².